The highest BCUT2D eigenvalue weighted by molar-refractivity contribution is 8.00. The number of aromatic carboxylic acids is 1. The summed E-state index contributed by atoms with van der Waals surface area (Å²) >= 11 is 3.01. The summed E-state index contributed by atoms with van der Waals surface area (Å²) < 4.78 is 14.3. The fourth-order valence-electron chi connectivity index (χ4n) is 1.25. The molecule has 1 aromatic carbocycles. The van der Waals surface area contributed by atoms with Gasteiger partial charge < -0.3 is 5.11 Å². The lowest BCUT2D eigenvalue weighted by Gasteiger charge is -2.02. The largest absolute Gasteiger partial charge is 0.478 e. The van der Waals surface area contributed by atoms with E-state index in [2.05, 4.69) is 4.98 Å². The minimum atomic E-state index is -1.25. The maximum atomic E-state index is 13.4. The van der Waals surface area contributed by atoms with E-state index in [1.165, 1.54) is 35.2 Å². The van der Waals surface area contributed by atoms with Crippen LogP contribution >= 0.6 is 23.1 Å². The quantitative estimate of drug-likeness (QED) is 0.865. The Balaban J connectivity index is 2.07. The number of thioether (sulfide) groups is 1. The number of carbonyl (C=O) groups is 1. The van der Waals surface area contributed by atoms with Gasteiger partial charge in [0.15, 0.2) is 0 Å². The van der Waals surface area contributed by atoms with E-state index in [1.807, 2.05) is 5.38 Å². The Morgan fingerprint density at radius 2 is 2.35 bits per heavy atom. The molecule has 6 heteroatoms. The number of benzene rings is 1. The molecule has 2 rings (SSSR count). The zero-order valence-electron chi connectivity index (χ0n) is 8.59. The van der Waals surface area contributed by atoms with E-state index >= 15 is 0 Å². The van der Waals surface area contributed by atoms with Gasteiger partial charge in [0.1, 0.15) is 10.2 Å². The maximum Gasteiger partial charge on any atom is 0.338 e. The van der Waals surface area contributed by atoms with Crippen molar-refractivity contribution >= 4 is 29.1 Å². The number of rotatable bonds is 4. The van der Waals surface area contributed by atoms with Crippen LogP contribution in [0.4, 0.5) is 4.39 Å². The molecule has 0 radical (unpaired) electrons. The maximum absolute atomic E-state index is 13.4. The van der Waals surface area contributed by atoms with Crippen molar-refractivity contribution in [2.75, 3.05) is 0 Å². The van der Waals surface area contributed by atoms with Gasteiger partial charge in [0.05, 0.1) is 5.56 Å². The first-order chi connectivity index (χ1) is 8.16. The Hall–Kier alpha value is -1.40. The van der Waals surface area contributed by atoms with E-state index in [4.69, 9.17) is 5.11 Å². The van der Waals surface area contributed by atoms with Crippen molar-refractivity contribution in [2.45, 2.75) is 10.1 Å². The number of aromatic nitrogens is 1. The van der Waals surface area contributed by atoms with E-state index < -0.39 is 11.8 Å². The van der Waals surface area contributed by atoms with Crippen LogP contribution in [0.2, 0.25) is 0 Å². The number of carboxylic acid groups (broad SMARTS) is 1. The van der Waals surface area contributed by atoms with Crippen LogP contribution in [0.3, 0.4) is 0 Å². The molecule has 3 nitrogen and oxygen atoms in total. The first-order valence-electron chi connectivity index (χ1n) is 4.71. The highest BCUT2D eigenvalue weighted by Crippen LogP contribution is 2.25. The van der Waals surface area contributed by atoms with Gasteiger partial charge in [0.25, 0.3) is 0 Å². The first kappa shape index (κ1) is 12.1. The van der Waals surface area contributed by atoms with Gasteiger partial charge in [-0.25, -0.2) is 14.2 Å². The Bertz CT molecular complexity index is 528. The highest BCUT2D eigenvalue weighted by Gasteiger charge is 2.10. The summed E-state index contributed by atoms with van der Waals surface area (Å²) in [5, 5.41) is 10.6. The van der Waals surface area contributed by atoms with Crippen molar-refractivity contribution in [3.8, 4) is 0 Å². The predicted octanol–water partition coefficient (Wildman–Crippen LogP) is 3.27. The molecule has 1 heterocycles. The molecule has 1 aromatic heterocycles. The Labute approximate surface area is 105 Å². The third-order valence-corrected chi connectivity index (χ3v) is 4.07. The fourth-order valence-corrected chi connectivity index (χ4v) is 2.83. The van der Waals surface area contributed by atoms with Crippen molar-refractivity contribution in [2.24, 2.45) is 0 Å². The highest BCUT2D eigenvalue weighted by atomic mass is 32.2. The van der Waals surface area contributed by atoms with Crippen LogP contribution in [0.1, 0.15) is 15.9 Å². The van der Waals surface area contributed by atoms with Crippen molar-refractivity contribution in [1.29, 1.82) is 0 Å². The monoisotopic (exact) mass is 269 g/mol. The molecule has 0 aliphatic heterocycles. The minimum absolute atomic E-state index is 0.298. The lowest BCUT2D eigenvalue weighted by Crippen LogP contribution is -2.00. The van der Waals surface area contributed by atoms with E-state index in [-0.39, 0.29) is 5.56 Å². The Kier molecular flexibility index (Phi) is 3.75. The normalized spacial score (nSPS) is 10.4. The standard InChI is InChI=1S/C11H8FNO2S2/c12-9-5-7(1-2-8(9)10(14)15)6-17-11-13-3-4-16-11/h1-5H,6H2,(H,14,15). The van der Waals surface area contributed by atoms with Crippen molar-refractivity contribution in [1.82, 2.24) is 4.98 Å². The summed E-state index contributed by atoms with van der Waals surface area (Å²) in [7, 11) is 0. The summed E-state index contributed by atoms with van der Waals surface area (Å²) in [6.45, 7) is 0. The minimum Gasteiger partial charge on any atom is -0.478 e. The predicted molar refractivity (Wildman–Crippen MR) is 65.0 cm³/mol. The van der Waals surface area contributed by atoms with Gasteiger partial charge in [-0.2, -0.15) is 0 Å². The van der Waals surface area contributed by atoms with Crippen molar-refractivity contribution < 1.29 is 14.3 Å². The second-order valence-corrected chi connectivity index (χ2v) is 5.32. The van der Waals surface area contributed by atoms with Gasteiger partial charge in [-0.1, -0.05) is 17.8 Å². The van der Waals surface area contributed by atoms with E-state index in [0.29, 0.717) is 5.75 Å². The van der Waals surface area contributed by atoms with Gasteiger partial charge in [-0.15, -0.1) is 11.3 Å². The van der Waals surface area contributed by atoms with Gasteiger partial charge in [-0.3, -0.25) is 0 Å². The molecule has 17 heavy (non-hydrogen) atoms. The number of carboxylic acids is 1. The SMILES string of the molecule is O=C(O)c1ccc(CSc2nccs2)cc1F. The summed E-state index contributed by atoms with van der Waals surface area (Å²) in [4.78, 5) is 14.7. The molecule has 0 aliphatic rings. The van der Waals surface area contributed by atoms with Crippen LogP contribution in [0.5, 0.6) is 0 Å². The van der Waals surface area contributed by atoms with Crippen LogP contribution in [-0.4, -0.2) is 16.1 Å². The van der Waals surface area contributed by atoms with Gasteiger partial charge in [0.2, 0.25) is 0 Å². The Morgan fingerprint density at radius 1 is 1.53 bits per heavy atom. The second-order valence-electron chi connectivity index (χ2n) is 3.21. The zero-order chi connectivity index (χ0) is 12.3. The number of hydrogen-bond donors (Lipinski definition) is 1. The third-order valence-electron chi connectivity index (χ3n) is 2.04. The van der Waals surface area contributed by atoms with Crippen LogP contribution in [0, 0.1) is 5.82 Å². The Morgan fingerprint density at radius 3 is 2.94 bits per heavy atom. The number of hydrogen-bond acceptors (Lipinski definition) is 4. The van der Waals surface area contributed by atoms with Crippen molar-refractivity contribution in [3.63, 3.8) is 0 Å². The molecule has 0 unspecified atom stereocenters. The lowest BCUT2D eigenvalue weighted by molar-refractivity contribution is 0.0692. The van der Waals surface area contributed by atoms with E-state index in [1.54, 1.807) is 12.3 Å². The summed E-state index contributed by atoms with van der Waals surface area (Å²) in [5.41, 5.74) is 0.445. The first-order valence-corrected chi connectivity index (χ1v) is 6.57. The molecule has 0 atom stereocenters. The smallest absolute Gasteiger partial charge is 0.338 e. The molecule has 0 bridgehead atoms. The van der Waals surface area contributed by atoms with Crippen LogP contribution in [0.25, 0.3) is 0 Å². The van der Waals surface area contributed by atoms with E-state index in [0.717, 1.165) is 9.90 Å². The molecule has 1 N–H and O–H groups in total. The average Bonchev–Trinajstić information content (AvgIpc) is 2.78. The van der Waals surface area contributed by atoms with Gasteiger partial charge in [0, 0.05) is 17.3 Å². The molecule has 2 aromatic rings. The molecular weight excluding hydrogens is 261 g/mol. The van der Waals surface area contributed by atoms with Crippen LogP contribution in [0.15, 0.2) is 34.1 Å². The molecule has 0 spiro atoms. The second kappa shape index (κ2) is 5.29. The molecule has 0 amide bonds. The lowest BCUT2D eigenvalue weighted by atomic mass is 10.1. The fraction of sp³-hybridized carbons (Fsp3) is 0.0909. The topological polar surface area (TPSA) is 50.2 Å². The molecule has 0 saturated carbocycles. The molecular formula is C11H8FNO2S2. The molecule has 0 saturated heterocycles. The number of nitrogens with zero attached hydrogens (tertiary/aromatic N) is 1. The number of halogens is 1. The van der Waals surface area contributed by atoms with E-state index in [9.17, 15) is 9.18 Å². The van der Waals surface area contributed by atoms with Crippen molar-refractivity contribution in [3.05, 3.63) is 46.7 Å². The zero-order valence-corrected chi connectivity index (χ0v) is 10.2. The third kappa shape index (κ3) is 3.04. The number of thiazole rings is 1. The molecule has 0 aliphatic carbocycles. The van der Waals surface area contributed by atoms with Gasteiger partial charge >= 0.3 is 5.97 Å². The molecule has 0 fully saturated rings. The van der Waals surface area contributed by atoms with Gasteiger partial charge in [-0.05, 0) is 17.7 Å². The van der Waals surface area contributed by atoms with Crippen LogP contribution < -0.4 is 0 Å². The summed E-state index contributed by atoms with van der Waals surface area (Å²) in [6, 6.07) is 4.16. The summed E-state index contributed by atoms with van der Waals surface area (Å²) in [5.74, 6) is -1.37. The molecule has 88 valence electrons. The average molecular weight is 269 g/mol. The van der Waals surface area contributed by atoms with Crippen LogP contribution in [-0.2, 0) is 5.75 Å². The summed E-state index contributed by atoms with van der Waals surface area (Å²) in [6.07, 6.45) is 1.71.